The summed E-state index contributed by atoms with van der Waals surface area (Å²) >= 11 is 0. The summed E-state index contributed by atoms with van der Waals surface area (Å²) in [4.78, 5) is 0. The van der Waals surface area contributed by atoms with Crippen molar-refractivity contribution < 1.29 is 32.6 Å². The monoisotopic (exact) mass is 223 g/mol. The Morgan fingerprint density at radius 1 is 1.08 bits per heavy atom. The van der Waals surface area contributed by atoms with Crippen LogP contribution in [0.3, 0.4) is 0 Å². The molecular weight excluding hydrogens is 218 g/mol. The standard InChI is InChI=1S/C8H6F3.Zn/c1-6-4-2-3-5-7(6)8(9,10)11;/h2-5H,1H2;/q-1;. The van der Waals surface area contributed by atoms with Gasteiger partial charge in [-0.3, -0.25) is 0 Å². The molecule has 0 aliphatic heterocycles. The van der Waals surface area contributed by atoms with Crippen molar-refractivity contribution in [3.05, 3.63) is 42.3 Å². The molecule has 0 N–H and O–H groups in total. The van der Waals surface area contributed by atoms with E-state index in [1.165, 1.54) is 18.2 Å². The molecule has 0 saturated carbocycles. The summed E-state index contributed by atoms with van der Waals surface area (Å²) in [6, 6.07) is 5.22. The third kappa shape index (κ3) is 2.52. The molecule has 0 spiro atoms. The normalized spacial score (nSPS) is 10.6. The number of alkyl halides is 3. The van der Waals surface area contributed by atoms with Gasteiger partial charge in [-0.15, -0.1) is 12.1 Å². The van der Waals surface area contributed by atoms with Gasteiger partial charge < -0.3 is 0 Å². The molecule has 1 aromatic rings. The van der Waals surface area contributed by atoms with Gasteiger partial charge in [0.05, 0.1) is 0 Å². The number of halogens is 3. The van der Waals surface area contributed by atoms with E-state index in [1.54, 1.807) is 0 Å². The number of rotatable bonds is 0. The van der Waals surface area contributed by atoms with Crippen LogP contribution in [0.15, 0.2) is 24.3 Å². The second kappa shape index (κ2) is 3.95. The molecule has 0 unspecified atom stereocenters. The molecule has 0 amide bonds. The van der Waals surface area contributed by atoms with Crippen molar-refractivity contribution in [3.63, 3.8) is 0 Å². The average molecular weight is 225 g/mol. The summed E-state index contributed by atoms with van der Waals surface area (Å²) < 4.78 is 36.0. The van der Waals surface area contributed by atoms with Gasteiger partial charge in [0.25, 0.3) is 0 Å². The molecule has 0 aliphatic rings. The van der Waals surface area contributed by atoms with Crippen LogP contribution in [0.4, 0.5) is 13.2 Å². The van der Waals surface area contributed by atoms with Crippen molar-refractivity contribution in [3.8, 4) is 0 Å². The van der Waals surface area contributed by atoms with Gasteiger partial charge in [-0.2, -0.15) is 31.7 Å². The van der Waals surface area contributed by atoms with Crippen molar-refractivity contribution in [2.75, 3.05) is 0 Å². The Morgan fingerprint density at radius 2 is 1.58 bits per heavy atom. The van der Waals surface area contributed by atoms with Gasteiger partial charge in [0.15, 0.2) is 0 Å². The molecule has 0 bridgehead atoms. The molecule has 1 rings (SSSR count). The number of hydrogen-bond acceptors (Lipinski definition) is 0. The molecule has 0 aliphatic carbocycles. The predicted octanol–water partition coefficient (Wildman–Crippen LogP) is 2.89. The van der Waals surface area contributed by atoms with Gasteiger partial charge in [0.2, 0.25) is 0 Å². The Bertz CT molecular complexity index is 255. The largest absolute Gasteiger partial charge is 0.370 e. The van der Waals surface area contributed by atoms with Gasteiger partial charge >= 0.3 is 6.18 Å². The van der Waals surface area contributed by atoms with E-state index in [1.807, 2.05) is 0 Å². The molecule has 0 aromatic heterocycles. The van der Waals surface area contributed by atoms with Crippen LogP contribution >= 0.6 is 0 Å². The molecule has 0 atom stereocenters. The fourth-order valence-corrected chi connectivity index (χ4v) is 0.797. The zero-order chi connectivity index (χ0) is 8.48. The van der Waals surface area contributed by atoms with Crippen LogP contribution < -0.4 is 0 Å². The van der Waals surface area contributed by atoms with Crippen molar-refractivity contribution in [1.82, 2.24) is 0 Å². The summed E-state index contributed by atoms with van der Waals surface area (Å²) in [5, 5.41) is 0. The molecule has 0 saturated heterocycles. The fourth-order valence-electron chi connectivity index (χ4n) is 0.797. The summed E-state index contributed by atoms with van der Waals surface area (Å²) in [7, 11) is 0. The molecule has 0 heterocycles. The van der Waals surface area contributed by atoms with Gasteiger partial charge in [-0.1, -0.05) is 6.07 Å². The minimum absolute atomic E-state index is 0. The summed E-state index contributed by atoms with van der Waals surface area (Å²) in [5.41, 5.74) is -0.653. The third-order valence-corrected chi connectivity index (χ3v) is 1.32. The Morgan fingerprint density at radius 3 is 1.92 bits per heavy atom. The van der Waals surface area contributed by atoms with Crippen molar-refractivity contribution in [2.45, 2.75) is 6.18 Å². The van der Waals surface area contributed by atoms with Gasteiger partial charge in [0, 0.05) is 19.5 Å². The van der Waals surface area contributed by atoms with Gasteiger partial charge in [-0.05, 0) is 5.56 Å². The van der Waals surface area contributed by atoms with E-state index < -0.39 is 11.7 Å². The first-order valence-electron chi connectivity index (χ1n) is 3.00. The van der Waals surface area contributed by atoms with E-state index in [2.05, 4.69) is 6.92 Å². The molecular formula is C8H6F3Zn-. The van der Waals surface area contributed by atoms with Crippen molar-refractivity contribution in [2.24, 2.45) is 0 Å². The zero-order valence-corrected chi connectivity index (χ0v) is 9.32. The van der Waals surface area contributed by atoms with Crippen LogP contribution in [0, 0.1) is 6.92 Å². The van der Waals surface area contributed by atoms with Crippen LogP contribution in [0.5, 0.6) is 0 Å². The quantitative estimate of drug-likeness (QED) is 0.470. The minimum Gasteiger partial charge on any atom is -0.198 e. The average Bonchev–Trinajstić information content (AvgIpc) is 1.86. The van der Waals surface area contributed by atoms with Crippen molar-refractivity contribution >= 4 is 0 Å². The fraction of sp³-hybridized carbons (Fsp3) is 0.125. The van der Waals surface area contributed by atoms with Gasteiger partial charge in [-0.25, -0.2) is 0 Å². The smallest absolute Gasteiger partial charge is 0.198 e. The maximum atomic E-state index is 12.0. The van der Waals surface area contributed by atoms with E-state index in [-0.39, 0.29) is 25.0 Å². The SMILES string of the molecule is [CH2-]c1ccccc1C(F)(F)F.[Zn]. The van der Waals surface area contributed by atoms with Crippen LogP contribution in [0.1, 0.15) is 11.1 Å². The maximum absolute atomic E-state index is 12.0. The summed E-state index contributed by atoms with van der Waals surface area (Å²) in [5.74, 6) is 0. The van der Waals surface area contributed by atoms with Crippen LogP contribution in [0.2, 0.25) is 0 Å². The van der Waals surface area contributed by atoms with Crippen LogP contribution in [-0.2, 0) is 25.7 Å². The first-order valence-corrected chi connectivity index (χ1v) is 3.00. The topological polar surface area (TPSA) is 0 Å². The Hall–Kier alpha value is -0.497. The molecule has 62 valence electrons. The Labute approximate surface area is 81.5 Å². The van der Waals surface area contributed by atoms with E-state index in [4.69, 9.17) is 0 Å². The Kier molecular flexibility index (Phi) is 3.78. The number of hydrogen-bond donors (Lipinski definition) is 0. The van der Waals surface area contributed by atoms with E-state index >= 15 is 0 Å². The van der Waals surface area contributed by atoms with E-state index in [9.17, 15) is 13.2 Å². The maximum Gasteiger partial charge on any atom is 0.370 e. The van der Waals surface area contributed by atoms with E-state index in [0.29, 0.717) is 0 Å². The van der Waals surface area contributed by atoms with Crippen LogP contribution in [-0.4, -0.2) is 0 Å². The molecule has 12 heavy (non-hydrogen) atoms. The van der Waals surface area contributed by atoms with Crippen molar-refractivity contribution in [1.29, 1.82) is 0 Å². The van der Waals surface area contributed by atoms with Gasteiger partial charge in [0.1, 0.15) is 0 Å². The third-order valence-electron chi connectivity index (χ3n) is 1.32. The first-order chi connectivity index (χ1) is 5.02. The first kappa shape index (κ1) is 11.5. The molecule has 1 aromatic carbocycles. The Balaban J connectivity index is 0.00000121. The van der Waals surface area contributed by atoms with Crippen LogP contribution in [0.25, 0.3) is 0 Å². The molecule has 0 nitrogen and oxygen atoms in total. The summed E-state index contributed by atoms with van der Waals surface area (Å²) in [6.45, 7) is 3.27. The second-order valence-corrected chi connectivity index (χ2v) is 2.15. The second-order valence-electron chi connectivity index (χ2n) is 2.15. The molecule has 0 radical (unpaired) electrons. The zero-order valence-electron chi connectivity index (χ0n) is 6.36. The number of benzene rings is 1. The molecule has 4 heteroatoms. The minimum atomic E-state index is -4.28. The molecule has 0 fully saturated rings. The predicted molar refractivity (Wildman–Crippen MR) is 35.9 cm³/mol. The van der Waals surface area contributed by atoms with E-state index in [0.717, 1.165) is 6.07 Å². The summed E-state index contributed by atoms with van der Waals surface area (Å²) in [6.07, 6.45) is -4.28.